The molecule has 6 aromatic heterocycles. The van der Waals surface area contributed by atoms with Crippen LogP contribution in [0.5, 0.6) is 5.88 Å². The molecule has 48 heavy (non-hydrogen) atoms. The van der Waals surface area contributed by atoms with E-state index in [0.717, 1.165) is 72.3 Å². The van der Waals surface area contributed by atoms with Gasteiger partial charge in [-0.05, 0) is 55.3 Å². The van der Waals surface area contributed by atoms with Crippen molar-refractivity contribution in [2.45, 2.75) is 45.4 Å². The van der Waals surface area contributed by atoms with Crippen LogP contribution in [0.3, 0.4) is 0 Å². The largest absolute Gasteiger partial charge is 0.481 e. The van der Waals surface area contributed by atoms with E-state index in [1.807, 2.05) is 49.1 Å². The van der Waals surface area contributed by atoms with Gasteiger partial charge in [0.2, 0.25) is 5.88 Å². The van der Waals surface area contributed by atoms with Gasteiger partial charge in [0, 0.05) is 87.6 Å². The first-order chi connectivity index (χ1) is 23.7. The molecule has 0 bridgehead atoms. The van der Waals surface area contributed by atoms with Crippen LogP contribution >= 0.6 is 0 Å². The highest BCUT2D eigenvalue weighted by molar-refractivity contribution is 6.12. The number of unbranched alkanes of at least 4 members (excludes halogenated alkanes) is 3. The number of fused-ring (bicyclic) bond motifs is 6. The van der Waals surface area contributed by atoms with E-state index in [9.17, 15) is 5.11 Å². The molecule has 0 aliphatic rings. The molecule has 8 rings (SSSR count). The van der Waals surface area contributed by atoms with Crippen LogP contribution in [0, 0.1) is 0 Å². The van der Waals surface area contributed by atoms with E-state index in [0.29, 0.717) is 11.6 Å². The highest BCUT2D eigenvalue weighted by Crippen LogP contribution is 2.36. The lowest BCUT2D eigenvalue weighted by Gasteiger charge is -2.12. The van der Waals surface area contributed by atoms with Gasteiger partial charge in [0.05, 0.1) is 41.8 Å². The third-order valence-electron chi connectivity index (χ3n) is 9.35. The number of pyridine rings is 4. The van der Waals surface area contributed by atoms with Crippen LogP contribution in [0.25, 0.3) is 66.1 Å². The van der Waals surface area contributed by atoms with E-state index in [4.69, 9.17) is 14.7 Å². The number of rotatable bonds is 11. The number of methoxy groups -OCH3 is 1. The molecule has 0 fully saturated rings. The number of nitrogens with zero attached hydrogens (tertiary/aromatic N) is 6. The first-order valence-corrected chi connectivity index (χ1v) is 16.5. The Morgan fingerprint density at radius 3 is 1.58 bits per heavy atom. The summed E-state index contributed by atoms with van der Waals surface area (Å²) in [4.78, 5) is 18.6. The van der Waals surface area contributed by atoms with Crippen molar-refractivity contribution in [3.63, 3.8) is 0 Å². The molecule has 8 aromatic rings. The molecule has 0 atom stereocenters. The fourth-order valence-electron chi connectivity index (χ4n) is 7.08. The molecule has 0 unspecified atom stereocenters. The van der Waals surface area contributed by atoms with Crippen LogP contribution in [0.2, 0.25) is 0 Å². The van der Waals surface area contributed by atoms with Gasteiger partial charge >= 0.3 is 0 Å². The molecule has 0 amide bonds. The second-order valence-corrected chi connectivity index (χ2v) is 12.1. The van der Waals surface area contributed by atoms with Gasteiger partial charge in [0.25, 0.3) is 0 Å². The molecule has 1 N–H and O–H groups in total. The van der Waals surface area contributed by atoms with E-state index in [2.05, 4.69) is 79.8 Å². The summed E-state index contributed by atoms with van der Waals surface area (Å²) in [7, 11) is 1.63. The molecule has 8 nitrogen and oxygen atoms in total. The van der Waals surface area contributed by atoms with Gasteiger partial charge in [-0.2, -0.15) is 0 Å². The maximum Gasteiger partial charge on any atom is 0.212 e. The minimum absolute atomic E-state index is 0.0762. The summed E-state index contributed by atoms with van der Waals surface area (Å²) in [6.07, 6.45) is 11.8. The Kier molecular flexibility index (Phi) is 8.00. The van der Waals surface area contributed by atoms with Crippen molar-refractivity contribution >= 4 is 43.6 Å². The smallest absolute Gasteiger partial charge is 0.212 e. The number of hydrogen-bond acceptors (Lipinski definition) is 6. The lowest BCUT2D eigenvalue weighted by atomic mass is 10.1. The van der Waals surface area contributed by atoms with Crippen LogP contribution in [0.4, 0.5) is 0 Å². The first-order valence-electron chi connectivity index (χ1n) is 16.5. The van der Waals surface area contributed by atoms with Crippen molar-refractivity contribution < 1.29 is 9.84 Å². The van der Waals surface area contributed by atoms with E-state index in [1.54, 1.807) is 7.11 Å². The number of ether oxygens (including phenoxy) is 1. The van der Waals surface area contributed by atoms with Crippen LogP contribution in [-0.2, 0) is 19.7 Å². The Hall–Kier alpha value is -5.60. The van der Waals surface area contributed by atoms with Gasteiger partial charge in [0.1, 0.15) is 0 Å². The van der Waals surface area contributed by atoms with Crippen LogP contribution in [-0.4, -0.2) is 41.3 Å². The van der Waals surface area contributed by atoms with Gasteiger partial charge in [-0.25, -0.2) is 4.98 Å². The highest BCUT2D eigenvalue weighted by Gasteiger charge is 2.18. The van der Waals surface area contributed by atoms with E-state index >= 15 is 0 Å². The standard InChI is InChI=1S/C40H36N6O2/c1-48-36-17-15-28(25-44-36)38-40-33(19-21-42-38)31-11-5-7-13-35(31)46(40)23-9-3-2-8-22-45-34-12-6-4-10-30(34)32-18-20-41-37(39(32)45)27-14-16-29(26-47)43-24-27/h4-7,10-21,24-25,47H,2-3,8-9,22-23,26H2,1H3. The Morgan fingerprint density at radius 1 is 0.562 bits per heavy atom. The molecular weight excluding hydrogens is 596 g/mol. The zero-order valence-electron chi connectivity index (χ0n) is 26.9. The molecule has 2 aromatic carbocycles. The molecule has 238 valence electrons. The topological polar surface area (TPSA) is 90.9 Å². The van der Waals surface area contributed by atoms with Crippen LogP contribution < -0.4 is 4.74 Å². The van der Waals surface area contributed by atoms with Crippen LogP contribution in [0.15, 0.2) is 110 Å². The van der Waals surface area contributed by atoms with Crippen molar-refractivity contribution in [1.29, 1.82) is 0 Å². The number of aliphatic hydroxyl groups is 1. The highest BCUT2D eigenvalue weighted by atomic mass is 16.5. The van der Waals surface area contributed by atoms with Gasteiger partial charge in [0.15, 0.2) is 0 Å². The van der Waals surface area contributed by atoms with Gasteiger partial charge < -0.3 is 19.0 Å². The number of para-hydroxylation sites is 2. The summed E-state index contributed by atoms with van der Waals surface area (Å²) in [6, 6.07) is 29.3. The zero-order valence-corrected chi connectivity index (χ0v) is 26.9. The Bertz CT molecular complexity index is 2210. The van der Waals surface area contributed by atoms with E-state index in [-0.39, 0.29) is 6.61 Å². The number of aromatic nitrogens is 6. The number of benzene rings is 2. The summed E-state index contributed by atoms with van der Waals surface area (Å²) >= 11 is 0. The summed E-state index contributed by atoms with van der Waals surface area (Å²) in [5.74, 6) is 0.591. The second kappa shape index (κ2) is 12.9. The van der Waals surface area contributed by atoms with Crippen molar-refractivity contribution in [3.05, 3.63) is 115 Å². The van der Waals surface area contributed by atoms with Gasteiger partial charge in [-0.1, -0.05) is 49.2 Å². The molecule has 0 saturated carbocycles. The van der Waals surface area contributed by atoms with E-state index < -0.39 is 0 Å². The zero-order chi connectivity index (χ0) is 32.5. The molecular formula is C40H36N6O2. The normalized spacial score (nSPS) is 11.7. The molecule has 0 aliphatic carbocycles. The lowest BCUT2D eigenvalue weighted by Crippen LogP contribution is -2.02. The molecule has 0 radical (unpaired) electrons. The maximum absolute atomic E-state index is 9.50. The fraction of sp³-hybridized carbons (Fsp3) is 0.200. The summed E-state index contributed by atoms with van der Waals surface area (Å²) in [5.41, 5.74) is 9.18. The third-order valence-corrected chi connectivity index (χ3v) is 9.35. The van der Waals surface area contributed by atoms with E-state index in [1.165, 1.54) is 32.6 Å². The summed E-state index contributed by atoms with van der Waals surface area (Å²) in [6.45, 7) is 1.73. The van der Waals surface area contributed by atoms with Gasteiger partial charge in [-0.15, -0.1) is 0 Å². The Balaban J connectivity index is 1.04. The lowest BCUT2D eigenvalue weighted by molar-refractivity contribution is 0.277. The number of hydrogen-bond donors (Lipinski definition) is 1. The van der Waals surface area contributed by atoms with Crippen LogP contribution in [0.1, 0.15) is 31.4 Å². The predicted molar refractivity (Wildman–Crippen MR) is 192 cm³/mol. The minimum atomic E-state index is -0.0762. The predicted octanol–water partition coefficient (Wildman–Crippen LogP) is 8.58. The third kappa shape index (κ3) is 5.24. The fourth-order valence-corrected chi connectivity index (χ4v) is 7.08. The van der Waals surface area contributed by atoms with Crippen molar-refractivity contribution in [2.75, 3.05) is 7.11 Å². The second-order valence-electron chi connectivity index (χ2n) is 12.1. The van der Waals surface area contributed by atoms with Gasteiger partial charge in [-0.3, -0.25) is 15.0 Å². The average molecular weight is 633 g/mol. The van der Waals surface area contributed by atoms with Crippen molar-refractivity contribution in [1.82, 2.24) is 29.1 Å². The average Bonchev–Trinajstić information content (AvgIpc) is 3.65. The molecule has 0 saturated heterocycles. The molecule has 0 aliphatic heterocycles. The first kappa shape index (κ1) is 29.8. The Labute approximate surface area is 278 Å². The molecule has 0 spiro atoms. The quantitative estimate of drug-likeness (QED) is 0.144. The van der Waals surface area contributed by atoms with Crippen molar-refractivity contribution in [3.8, 4) is 28.4 Å². The number of aryl methyl sites for hydroxylation is 2. The maximum atomic E-state index is 9.50. The minimum Gasteiger partial charge on any atom is -0.481 e. The molecule has 6 heterocycles. The summed E-state index contributed by atoms with van der Waals surface area (Å²) < 4.78 is 10.2. The SMILES string of the molecule is COc1ccc(-c2nccc3c4ccccc4n(CCCCCCn4c5ccccc5c5ccnc(-c6ccc(CO)nc6)c54)c23)cn1. The monoisotopic (exact) mass is 632 g/mol. The number of aliphatic hydroxyl groups excluding tert-OH is 1. The Morgan fingerprint density at radius 2 is 1.10 bits per heavy atom. The van der Waals surface area contributed by atoms with Crippen molar-refractivity contribution in [2.24, 2.45) is 0 Å². The summed E-state index contributed by atoms with van der Waals surface area (Å²) in [5, 5.41) is 14.4. The molecule has 8 heteroatoms.